The summed E-state index contributed by atoms with van der Waals surface area (Å²) in [5.74, 6) is -1.55. The monoisotopic (exact) mass is 485 g/mol. The fourth-order valence-corrected chi connectivity index (χ4v) is 3.02. The molecule has 1 N–H and O–H groups in total. The van der Waals surface area contributed by atoms with Crippen LogP contribution in [0.2, 0.25) is 0 Å². The first-order valence-corrected chi connectivity index (χ1v) is 7.90. The van der Waals surface area contributed by atoms with E-state index in [1.165, 1.54) is 36.1 Å². The summed E-state index contributed by atoms with van der Waals surface area (Å²) < 4.78 is 28.9. The zero-order valence-electron chi connectivity index (χ0n) is 13.0. The van der Waals surface area contributed by atoms with Gasteiger partial charge in [0.1, 0.15) is 24.3 Å². The van der Waals surface area contributed by atoms with Crippen LogP contribution in [-0.2, 0) is 6.54 Å². The fourth-order valence-electron chi connectivity index (χ4n) is 2.36. The summed E-state index contributed by atoms with van der Waals surface area (Å²) in [6.45, 7) is 0.720. The smallest absolute Gasteiger partial charge is 0.137 e. The molecule has 1 atom stereocenters. The Kier molecular flexibility index (Phi) is 7.42. The van der Waals surface area contributed by atoms with Crippen LogP contribution in [0.1, 0.15) is 17.0 Å². The van der Waals surface area contributed by atoms with Crippen molar-refractivity contribution >= 4 is 16.3 Å². The van der Waals surface area contributed by atoms with Crippen LogP contribution in [0.4, 0.5) is 13.8 Å². The molecule has 2 heterocycles. The van der Waals surface area contributed by atoms with Crippen molar-refractivity contribution in [3.63, 3.8) is 0 Å². The number of nitrogens with one attached hydrogen (secondary N) is 1. The predicted molar refractivity (Wildman–Crippen MR) is 85.5 cm³/mol. The number of halogens is 2. The molecule has 1 aromatic carbocycles. The molecule has 2 aromatic heterocycles. The molecule has 0 aliphatic carbocycles. The Balaban J connectivity index is 0.00000225. The number of nitriles is 1. The van der Waals surface area contributed by atoms with Crippen molar-refractivity contribution in [2.45, 2.75) is 12.5 Å². The van der Waals surface area contributed by atoms with Gasteiger partial charge in [-0.2, -0.15) is 11.2 Å². The van der Waals surface area contributed by atoms with E-state index >= 15 is 0 Å². The molecule has 0 saturated carbocycles. The van der Waals surface area contributed by atoms with E-state index in [0.717, 1.165) is 6.07 Å². The molecule has 9 heteroatoms. The largest absolute Gasteiger partial charge is 0.436 e. The number of hydrogen-bond donors (Lipinski definition) is 1. The minimum atomic E-state index is -0.622. The first kappa shape index (κ1) is 19.9. The van der Waals surface area contributed by atoms with Crippen molar-refractivity contribution in [1.82, 2.24) is 14.8 Å². The molecule has 0 bridgehead atoms. The normalized spacial score (nSPS) is 11.4. The summed E-state index contributed by atoms with van der Waals surface area (Å²) >= 11 is 1.28. The van der Waals surface area contributed by atoms with Gasteiger partial charge in [-0.05, 0) is 11.6 Å². The Morgan fingerprint density at radius 2 is 2.24 bits per heavy atom. The zero-order valence-corrected chi connectivity index (χ0v) is 17.5. The van der Waals surface area contributed by atoms with Crippen LogP contribution in [0.25, 0.3) is 0 Å². The maximum Gasteiger partial charge on any atom is 0.137 e. The van der Waals surface area contributed by atoms with Gasteiger partial charge in [-0.15, -0.1) is 5.38 Å². The van der Waals surface area contributed by atoms with E-state index in [1.54, 1.807) is 10.7 Å². The quantitative estimate of drug-likeness (QED) is 0.545. The van der Waals surface area contributed by atoms with Crippen molar-refractivity contribution in [2.75, 3.05) is 11.9 Å². The van der Waals surface area contributed by atoms with Crippen LogP contribution in [0.5, 0.6) is 0 Å². The van der Waals surface area contributed by atoms with Crippen LogP contribution >= 0.6 is 11.3 Å². The first-order valence-electron chi connectivity index (χ1n) is 7.08. The van der Waals surface area contributed by atoms with E-state index in [0.29, 0.717) is 29.2 Å². The van der Waals surface area contributed by atoms with E-state index in [2.05, 4.69) is 26.8 Å². The molecule has 3 rings (SSSR count). The first-order chi connectivity index (χ1) is 11.7. The zero-order chi connectivity index (χ0) is 16.9. The van der Waals surface area contributed by atoms with Gasteiger partial charge in [-0.3, -0.25) is 16.0 Å². The van der Waals surface area contributed by atoms with E-state index in [4.69, 9.17) is 5.26 Å². The second-order valence-electron chi connectivity index (χ2n) is 5.08. The molecule has 0 saturated heterocycles. The molecule has 3 aromatic rings. The van der Waals surface area contributed by atoms with Crippen LogP contribution in [-0.4, -0.2) is 21.3 Å². The summed E-state index contributed by atoms with van der Waals surface area (Å²) in [7, 11) is 0. The third-order valence-electron chi connectivity index (χ3n) is 3.51. The Hall–Kier alpha value is -1.43. The van der Waals surface area contributed by atoms with Crippen molar-refractivity contribution in [3.05, 3.63) is 65.1 Å². The standard InChI is InChI=1S/C16H12F2N5S.Pr/c17-13-1-2-14(15(18)5-13)12(8-23-10-20-9-22-23)7-21-16-11(6-19)3-4-24-16;/h1-3,5,9-10,12,21H,7-8H2;/q-1;. The van der Waals surface area contributed by atoms with Gasteiger partial charge in [0.15, 0.2) is 0 Å². The second-order valence-corrected chi connectivity index (χ2v) is 5.93. The van der Waals surface area contributed by atoms with Crippen molar-refractivity contribution < 1.29 is 50.1 Å². The summed E-state index contributed by atoms with van der Waals surface area (Å²) in [6.07, 6.45) is 2.93. The van der Waals surface area contributed by atoms with Crippen molar-refractivity contribution in [3.8, 4) is 6.07 Å². The Labute approximate surface area is 180 Å². The van der Waals surface area contributed by atoms with Gasteiger partial charge in [0.2, 0.25) is 0 Å². The van der Waals surface area contributed by atoms with E-state index in [-0.39, 0.29) is 47.2 Å². The third-order valence-corrected chi connectivity index (χ3v) is 4.32. The number of rotatable bonds is 6. The third kappa shape index (κ3) is 5.03. The van der Waals surface area contributed by atoms with E-state index in [9.17, 15) is 8.78 Å². The summed E-state index contributed by atoms with van der Waals surface area (Å²) in [4.78, 5) is 3.87. The number of benzene rings is 1. The van der Waals surface area contributed by atoms with Crippen LogP contribution in [0.15, 0.2) is 36.9 Å². The SMILES string of the molecule is N#Cc1c[c-]sc1NCC(Cn1cncn1)c1ccc(F)cc1F.[Pr]. The average molecular weight is 485 g/mol. The Morgan fingerprint density at radius 1 is 1.40 bits per heavy atom. The predicted octanol–water partition coefficient (Wildman–Crippen LogP) is 3.19. The van der Waals surface area contributed by atoms with Crippen LogP contribution in [0.3, 0.4) is 0 Å². The topological polar surface area (TPSA) is 66.5 Å². The number of hydrogen-bond acceptors (Lipinski definition) is 5. The van der Waals surface area contributed by atoms with Gasteiger partial charge in [0, 0.05) is 65.9 Å². The molecule has 25 heavy (non-hydrogen) atoms. The van der Waals surface area contributed by atoms with Gasteiger partial charge in [0.25, 0.3) is 0 Å². The Bertz CT molecular complexity index is 860. The number of anilines is 1. The van der Waals surface area contributed by atoms with Gasteiger partial charge in [-0.25, -0.2) is 19.0 Å². The van der Waals surface area contributed by atoms with E-state index in [1.807, 2.05) is 0 Å². The average Bonchev–Trinajstić information content (AvgIpc) is 3.23. The van der Waals surface area contributed by atoms with Crippen LogP contribution in [0, 0.1) is 69.6 Å². The molecule has 0 spiro atoms. The molecule has 0 aliphatic rings. The maximum atomic E-state index is 14.2. The minimum Gasteiger partial charge on any atom is -0.436 e. The van der Waals surface area contributed by atoms with Crippen molar-refractivity contribution in [1.29, 1.82) is 5.26 Å². The number of aromatic nitrogens is 3. The van der Waals surface area contributed by atoms with Gasteiger partial charge < -0.3 is 5.32 Å². The molecule has 0 fully saturated rings. The van der Waals surface area contributed by atoms with Crippen molar-refractivity contribution in [2.24, 2.45) is 0 Å². The van der Waals surface area contributed by atoms with Gasteiger partial charge >= 0.3 is 0 Å². The molecular weight excluding hydrogens is 473 g/mol. The van der Waals surface area contributed by atoms with Gasteiger partial charge in [0.05, 0.1) is 6.54 Å². The fraction of sp³-hybridized carbons (Fsp3) is 0.188. The molecule has 1 radical (unpaired) electrons. The second kappa shape index (κ2) is 9.32. The number of thiophene rings is 1. The summed E-state index contributed by atoms with van der Waals surface area (Å²) in [5, 5.41) is 19.8. The summed E-state index contributed by atoms with van der Waals surface area (Å²) in [6, 6.07) is 7.19. The van der Waals surface area contributed by atoms with Crippen LogP contribution < -0.4 is 5.32 Å². The number of nitrogens with zero attached hydrogens (tertiary/aromatic N) is 4. The molecule has 125 valence electrons. The molecule has 5 nitrogen and oxygen atoms in total. The minimum absolute atomic E-state index is 0. The van der Waals surface area contributed by atoms with Gasteiger partial charge in [-0.1, -0.05) is 16.6 Å². The Morgan fingerprint density at radius 3 is 2.92 bits per heavy atom. The summed E-state index contributed by atoms with van der Waals surface area (Å²) in [5.41, 5.74) is 0.859. The molecule has 0 aliphatic heterocycles. The molecule has 0 amide bonds. The molecule has 1 unspecified atom stereocenters. The van der Waals surface area contributed by atoms with E-state index < -0.39 is 11.6 Å². The molecular formula is C16H12F2N5PrS-. The maximum absolute atomic E-state index is 14.2.